The molecule has 4 fully saturated rings. The Morgan fingerprint density at radius 1 is 0.250 bits per heavy atom. The number of nitrogens with zero attached hydrogens (tertiary/aromatic N) is 7. The lowest BCUT2D eigenvalue weighted by Crippen LogP contribution is -2.42. The van der Waals surface area contributed by atoms with Crippen LogP contribution in [-0.2, 0) is 0 Å². The van der Waals surface area contributed by atoms with Crippen LogP contribution in [0.4, 0.5) is 0 Å². The topological polar surface area (TPSA) is 22.7 Å². The molecule has 0 atom stereocenters. The molecule has 4 rings (SSSR count). The van der Waals surface area contributed by atoms with Crippen LogP contribution in [0.5, 0.6) is 0 Å². The van der Waals surface area contributed by atoms with Gasteiger partial charge >= 0.3 is 0 Å². The van der Waals surface area contributed by atoms with Gasteiger partial charge in [0.05, 0.1) is 0 Å². The van der Waals surface area contributed by atoms with Crippen molar-refractivity contribution in [3.05, 3.63) is 0 Å². The van der Waals surface area contributed by atoms with E-state index in [0.717, 1.165) is 0 Å². The summed E-state index contributed by atoms with van der Waals surface area (Å²) in [6.07, 6.45) is 4.28. The summed E-state index contributed by atoms with van der Waals surface area (Å²) in [6.45, 7) is 17.4. The Balaban J connectivity index is 0.000000397. The average molecular weight is 458 g/mol. The van der Waals surface area contributed by atoms with Gasteiger partial charge in [-0.3, -0.25) is 0 Å². The molecule has 0 aliphatic carbocycles. The van der Waals surface area contributed by atoms with Crippen LogP contribution >= 0.6 is 0 Å². The Bertz CT molecular complexity index is 316. The monoisotopic (exact) mass is 457 g/mol. The van der Waals surface area contributed by atoms with Crippen molar-refractivity contribution in [2.24, 2.45) is 0 Å². The normalized spacial score (nSPS) is 25.2. The van der Waals surface area contributed by atoms with Crippen LogP contribution in [0.25, 0.3) is 0 Å². The average Bonchev–Trinajstić information content (AvgIpc) is 2.76. The van der Waals surface area contributed by atoms with Gasteiger partial charge in [-0.15, -0.1) is 0 Å². The molecule has 0 aromatic carbocycles. The van der Waals surface area contributed by atoms with E-state index in [4.69, 9.17) is 0 Å². The van der Waals surface area contributed by atoms with Crippen LogP contribution < -0.4 is 0 Å². The number of piperidine rings is 1. The van der Waals surface area contributed by atoms with Gasteiger partial charge in [-0.05, 0) is 75.3 Å². The molecule has 0 spiro atoms. The van der Waals surface area contributed by atoms with Crippen LogP contribution in [0, 0.1) is 0 Å². The Morgan fingerprint density at radius 3 is 0.531 bits per heavy atom. The fourth-order valence-electron chi connectivity index (χ4n) is 3.77. The second kappa shape index (κ2) is 19.1. The first-order chi connectivity index (χ1) is 14.8. The molecule has 7 nitrogen and oxygen atoms in total. The predicted molar refractivity (Wildman–Crippen MR) is 143 cm³/mol. The Labute approximate surface area is 202 Å². The Kier molecular flexibility index (Phi) is 18.9. The van der Waals surface area contributed by atoms with E-state index in [1.165, 1.54) is 111 Å². The lowest BCUT2D eigenvalue weighted by atomic mass is 10.1. The zero-order valence-corrected chi connectivity index (χ0v) is 22.2. The quantitative estimate of drug-likeness (QED) is 0.541. The summed E-state index contributed by atoms with van der Waals surface area (Å²) in [5, 5.41) is 0. The van der Waals surface area contributed by atoms with E-state index >= 15 is 0 Å². The first kappa shape index (κ1) is 31.7. The zero-order valence-electron chi connectivity index (χ0n) is 22.2. The van der Waals surface area contributed by atoms with Crippen molar-refractivity contribution in [3.63, 3.8) is 0 Å². The number of piperazine rings is 3. The van der Waals surface area contributed by atoms with E-state index in [1.54, 1.807) is 0 Å². The van der Waals surface area contributed by atoms with Crippen LogP contribution in [0.2, 0.25) is 0 Å². The highest BCUT2D eigenvalue weighted by atomic mass is 15.2. The van der Waals surface area contributed by atoms with Gasteiger partial charge in [0.25, 0.3) is 0 Å². The molecule has 32 heavy (non-hydrogen) atoms. The standard InChI is InChI=1S/3C6H14N2.C6H13N.CH4/c3*1-7-3-5-8(2)6-4-7;1-7-5-3-2-4-6-7;/h3*3-6H2,1-2H3;2-6H2,1H3;1H4. The lowest BCUT2D eigenvalue weighted by Gasteiger charge is -2.28. The molecular weight excluding hydrogens is 398 g/mol. The smallest absolute Gasteiger partial charge is 0.0107 e. The molecule has 4 aliphatic rings. The highest BCUT2D eigenvalue weighted by molar-refractivity contribution is 4.66. The Morgan fingerprint density at radius 2 is 0.406 bits per heavy atom. The van der Waals surface area contributed by atoms with Crippen molar-refractivity contribution < 1.29 is 0 Å². The minimum atomic E-state index is 0. The predicted octanol–water partition coefficient (Wildman–Crippen LogP) is 1.33. The first-order valence-corrected chi connectivity index (χ1v) is 12.6. The third-order valence-electron chi connectivity index (χ3n) is 6.76. The second-order valence-corrected chi connectivity index (χ2v) is 10.2. The summed E-state index contributed by atoms with van der Waals surface area (Å²) in [7, 11) is 15.2. The number of hydrogen-bond acceptors (Lipinski definition) is 7. The molecule has 0 radical (unpaired) electrons. The first-order valence-electron chi connectivity index (χ1n) is 12.6. The molecule has 0 saturated carbocycles. The summed E-state index contributed by atoms with van der Waals surface area (Å²) >= 11 is 0. The van der Waals surface area contributed by atoms with E-state index in [2.05, 4.69) is 83.6 Å². The summed E-state index contributed by atoms with van der Waals surface area (Å²) in [5.74, 6) is 0. The van der Waals surface area contributed by atoms with Gasteiger partial charge in [-0.25, -0.2) is 0 Å². The minimum absolute atomic E-state index is 0. The number of likely N-dealkylation sites (tertiary alicyclic amines) is 1. The largest absolute Gasteiger partial charge is 0.306 e. The van der Waals surface area contributed by atoms with Crippen LogP contribution in [0.3, 0.4) is 0 Å². The molecule has 0 bridgehead atoms. The molecule has 0 aromatic heterocycles. The summed E-state index contributed by atoms with van der Waals surface area (Å²) in [5.41, 5.74) is 0. The van der Waals surface area contributed by atoms with E-state index in [9.17, 15) is 0 Å². The molecule has 0 aromatic rings. The fraction of sp³-hybridized carbons (Fsp3) is 1.00. The number of likely N-dealkylation sites (N-methyl/N-ethyl adjacent to an activating group) is 6. The van der Waals surface area contributed by atoms with Gasteiger partial charge in [0.2, 0.25) is 0 Å². The molecule has 0 unspecified atom stereocenters. The van der Waals surface area contributed by atoms with Gasteiger partial charge in [0.1, 0.15) is 0 Å². The second-order valence-electron chi connectivity index (χ2n) is 10.2. The van der Waals surface area contributed by atoms with Gasteiger partial charge in [0.15, 0.2) is 0 Å². The highest BCUT2D eigenvalue weighted by Crippen LogP contribution is 2.04. The maximum absolute atomic E-state index is 2.39. The van der Waals surface area contributed by atoms with Gasteiger partial charge in [-0.2, -0.15) is 0 Å². The van der Waals surface area contributed by atoms with Gasteiger partial charge < -0.3 is 34.3 Å². The molecule has 7 heteroatoms. The van der Waals surface area contributed by atoms with Crippen molar-refractivity contribution in [2.45, 2.75) is 26.7 Å². The molecule has 194 valence electrons. The van der Waals surface area contributed by atoms with Crippen molar-refractivity contribution in [2.75, 3.05) is 141 Å². The summed E-state index contributed by atoms with van der Waals surface area (Å²) in [6, 6.07) is 0. The third kappa shape index (κ3) is 17.2. The maximum Gasteiger partial charge on any atom is 0.0107 e. The maximum atomic E-state index is 2.39. The summed E-state index contributed by atoms with van der Waals surface area (Å²) < 4.78 is 0. The van der Waals surface area contributed by atoms with Gasteiger partial charge in [-0.1, -0.05) is 13.8 Å². The Hall–Kier alpha value is -0.280. The fourth-order valence-corrected chi connectivity index (χ4v) is 3.77. The van der Waals surface area contributed by atoms with Crippen molar-refractivity contribution in [1.29, 1.82) is 0 Å². The van der Waals surface area contributed by atoms with Gasteiger partial charge in [0, 0.05) is 78.5 Å². The van der Waals surface area contributed by atoms with E-state index < -0.39 is 0 Å². The molecular formula is C25H59N7. The van der Waals surface area contributed by atoms with Crippen molar-refractivity contribution in [1.82, 2.24) is 34.3 Å². The zero-order chi connectivity index (χ0) is 23.1. The highest BCUT2D eigenvalue weighted by Gasteiger charge is 2.09. The molecule has 4 aliphatic heterocycles. The number of rotatable bonds is 0. The van der Waals surface area contributed by atoms with Crippen LogP contribution in [0.1, 0.15) is 26.7 Å². The summed E-state index contributed by atoms with van der Waals surface area (Å²) in [4.78, 5) is 16.6. The molecule has 0 amide bonds. The SMILES string of the molecule is C.CN1CCCCC1.CN1CCN(C)CC1.CN1CCN(C)CC1.CN1CCN(C)CC1. The van der Waals surface area contributed by atoms with Crippen molar-refractivity contribution in [3.8, 4) is 0 Å². The molecule has 4 heterocycles. The molecule has 0 N–H and O–H groups in total. The van der Waals surface area contributed by atoms with Crippen LogP contribution in [-0.4, -0.2) is 175 Å². The number of hydrogen-bond donors (Lipinski definition) is 0. The lowest BCUT2D eigenvalue weighted by molar-refractivity contribution is 0.181. The minimum Gasteiger partial charge on any atom is -0.306 e. The molecule has 4 saturated heterocycles. The van der Waals surface area contributed by atoms with E-state index in [0.29, 0.717) is 0 Å². The van der Waals surface area contributed by atoms with Crippen LogP contribution in [0.15, 0.2) is 0 Å². The van der Waals surface area contributed by atoms with E-state index in [-0.39, 0.29) is 7.43 Å². The van der Waals surface area contributed by atoms with E-state index in [1.807, 2.05) is 0 Å². The third-order valence-corrected chi connectivity index (χ3v) is 6.76. The van der Waals surface area contributed by atoms with Crippen molar-refractivity contribution >= 4 is 0 Å².